The first-order valence-corrected chi connectivity index (χ1v) is 9.35. The number of rotatable bonds is 4. The minimum Gasteiger partial charge on any atom is -0.481 e. The van der Waals surface area contributed by atoms with Gasteiger partial charge in [-0.2, -0.15) is 0 Å². The average Bonchev–Trinajstić information content (AvgIpc) is 3.18. The smallest absolute Gasteiger partial charge is 0.407 e. The van der Waals surface area contributed by atoms with E-state index in [1.165, 1.54) is 11.1 Å². The number of fused-ring (bicyclic) bond motifs is 3. The average molecular weight is 365 g/mol. The second-order valence-corrected chi connectivity index (χ2v) is 7.65. The van der Waals surface area contributed by atoms with Crippen molar-refractivity contribution < 1.29 is 19.4 Å². The zero-order valence-electron chi connectivity index (χ0n) is 15.3. The van der Waals surface area contributed by atoms with Crippen molar-refractivity contribution in [1.29, 1.82) is 0 Å². The molecular weight excluding hydrogens is 342 g/mol. The van der Waals surface area contributed by atoms with Gasteiger partial charge in [0.15, 0.2) is 0 Å². The van der Waals surface area contributed by atoms with Gasteiger partial charge in [0, 0.05) is 5.92 Å². The lowest BCUT2D eigenvalue weighted by molar-refractivity contribution is -0.143. The molecule has 2 aliphatic rings. The molecular formula is C22H23NO4. The number of carbonyl (C=O) groups excluding carboxylic acids is 1. The first-order valence-electron chi connectivity index (χ1n) is 9.35. The van der Waals surface area contributed by atoms with Crippen molar-refractivity contribution in [3.05, 3.63) is 59.7 Å². The molecule has 2 N–H and O–H groups in total. The summed E-state index contributed by atoms with van der Waals surface area (Å²) in [6.07, 6.45) is 1.47. The van der Waals surface area contributed by atoms with Crippen LogP contribution < -0.4 is 5.32 Å². The third-order valence-corrected chi connectivity index (χ3v) is 5.99. The normalized spacial score (nSPS) is 23.5. The van der Waals surface area contributed by atoms with Gasteiger partial charge in [0.25, 0.3) is 0 Å². The van der Waals surface area contributed by atoms with Crippen LogP contribution in [0.15, 0.2) is 48.5 Å². The minimum absolute atomic E-state index is 0.00481. The van der Waals surface area contributed by atoms with Crippen LogP contribution in [-0.4, -0.2) is 29.3 Å². The Labute approximate surface area is 158 Å². The van der Waals surface area contributed by atoms with Crippen LogP contribution in [0.25, 0.3) is 11.1 Å². The largest absolute Gasteiger partial charge is 0.481 e. The maximum absolute atomic E-state index is 12.4. The van der Waals surface area contributed by atoms with Gasteiger partial charge in [-0.3, -0.25) is 4.79 Å². The zero-order chi connectivity index (χ0) is 19.0. The van der Waals surface area contributed by atoms with Crippen LogP contribution in [-0.2, 0) is 9.53 Å². The molecule has 1 fully saturated rings. The summed E-state index contributed by atoms with van der Waals surface area (Å²) in [5, 5.41) is 12.2. The lowest BCUT2D eigenvalue weighted by atomic mass is 9.89. The van der Waals surface area contributed by atoms with E-state index in [1.54, 1.807) is 6.92 Å². The standard InChI is InChI=1S/C22H23NO4/c1-22(12-6-11-19(22)20(24)25)23-21(26)27-13-18-16-9-4-2-7-14(16)15-8-3-5-10-17(15)18/h2-5,7-10,18-19H,6,11-13H2,1H3,(H,23,26)(H,24,25)/t19-,22-/m0/s1. The number of hydrogen-bond acceptors (Lipinski definition) is 3. The summed E-state index contributed by atoms with van der Waals surface area (Å²) in [5.74, 6) is -1.44. The van der Waals surface area contributed by atoms with Gasteiger partial charge < -0.3 is 15.2 Å². The molecule has 1 amide bonds. The van der Waals surface area contributed by atoms with Crippen molar-refractivity contribution in [2.24, 2.45) is 5.92 Å². The monoisotopic (exact) mass is 365 g/mol. The summed E-state index contributed by atoms with van der Waals surface area (Å²) in [5.41, 5.74) is 3.91. The number of carbonyl (C=O) groups is 2. The molecule has 5 heteroatoms. The van der Waals surface area contributed by atoms with Crippen molar-refractivity contribution in [1.82, 2.24) is 5.32 Å². The van der Waals surface area contributed by atoms with Gasteiger partial charge in [-0.05, 0) is 42.0 Å². The van der Waals surface area contributed by atoms with Crippen molar-refractivity contribution in [3.63, 3.8) is 0 Å². The Hall–Kier alpha value is -2.82. The van der Waals surface area contributed by atoms with Crippen LogP contribution in [0.4, 0.5) is 4.79 Å². The highest BCUT2D eigenvalue weighted by atomic mass is 16.5. The molecule has 2 aromatic rings. The summed E-state index contributed by atoms with van der Waals surface area (Å²) < 4.78 is 5.55. The molecule has 0 heterocycles. The maximum Gasteiger partial charge on any atom is 0.407 e. The lowest BCUT2D eigenvalue weighted by Crippen LogP contribution is -2.51. The molecule has 0 radical (unpaired) electrons. The fourth-order valence-electron chi connectivity index (χ4n) is 4.58. The van der Waals surface area contributed by atoms with E-state index in [0.29, 0.717) is 12.8 Å². The molecule has 0 spiro atoms. The topological polar surface area (TPSA) is 75.6 Å². The summed E-state index contributed by atoms with van der Waals surface area (Å²) in [4.78, 5) is 23.9. The van der Waals surface area contributed by atoms with Gasteiger partial charge in [0.05, 0.1) is 11.5 Å². The van der Waals surface area contributed by atoms with Crippen LogP contribution in [0.3, 0.4) is 0 Å². The molecule has 27 heavy (non-hydrogen) atoms. The van der Waals surface area contributed by atoms with Gasteiger partial charge in [-0.1, -0.05) is 55.0 Å². The number of ether oxygens (including phenoxy) is 1. The second-order valence-electron chi connectivity index (χ2n) is 7.65. The number of alkyl carbamates (subject to hydrolysis) is 1. The highest BCUT2D eigenvalue weighted by Gasteiger charge is 2.44. The molecule has 140 valence electrons. The zero-order valence-corrected chi connectivity index (χ0v) is 15.3. The van der Waals surface area contributed by atoms with Crippen molar-refractivity contribution >= 4 is 12.1 Å². The van der Waals surface area contributed by atoms with Gasteiger partial charge in [-0.15, -0.1) is 0 Å². The molecule has 2 aliphatic carbocycles. The predicted octanol–water partition coefficient (Wildman–Crippen LogP) is 4.17. The van der Waals surface area contributed by atoms with Crippen LogP contribution in [0.5, 0.6) is 0 Å². The van der Waals surface area contributed by atoms with Gasteiger partial charge in [-0.25, -0.2) is 4.79 Å². The predicted molar refractivity (Wildman–Crippen MR) is 102 cm³/mol. The Balaban J connectivity index is 1.48. The van der Waals surface area contributed by atoms with E-state index in [1.807, 2.05) is 24.3 Å². The van der Waals surface area contributed by atoms with Crippen molar-refractivity contribution in [2.75, 3.05) is 6.61 Å². The van der Waals surface area contributed by atoms with E-state index < -0.39 is 23.5 Å². The van der Waals surface area contributed by atoms with Crippen LogP contribution in [0, 0.1) is 5.92 Å². The molecule has 2 aromatic carbocycles. The Morgan fingerprint density at radius 3 is 2.30 bits per heavy atom. The first-order chi connectivity index (χ1) is 13.0. The quantitative estimate of drug-likeness (QED) is 0.853. The maximum atomic E-state index is 12.4. The summed E-state index contributed by atoms with van der Waals surface area (Å²) in [6.45, 7) is 2.02. The number of amides is 1. The minimum atomic E-state index is -0.867. The van der Waals surface area contributed by atoms with E-state index in [9.17, 15) is 14.7 Å². The third-order valence-electron chi connectivity index (χ3n) is 5.99. The number of nitrogens with one attached hydrogen (secondary N) is 1. The molecule has 5 nitrogen and oxygen atoms in total. The molecule has 0 unspecified atom stereocenters. The van der Waals surface area contributed by atoms with Crippen molar-refractivity contribution in [3.8, 4) is 11.1 Å². The molecule has 0 aliphatic heterocycles. The molecule has 0 aromatic heterocycles. The second kappa shape index (κ2) is 6.72. The number of aliphatic carboxylic acids is 1. The van der Waals surface area contributed by atoms with E-state index in [-0.39, 0.29) is 12.5 Å². The van der Waals surface area contributed by atoms with E-state index in [2.05, 4.69) is 29.6 Å². The van der Waals surface area contributed by atoms with E-state index in [4.69, 9.17) is 4.74 Å². The molecule has 0 bridgehead atoms. The van der Waals surface area contributed by atoms with Gasteiger partial charge >= 0.3 is 12.1 Å². The Morgan fingerprint density at radius 2 is 1.70 bits per heavy atom. The Morgan fingerprint density at radius 1 is 1.11 bits per heavy atom. The van der Waals surface area contributed by atoms with Crippen LogP contribution in [0.1, 0.15) is 43.2 Å². The Kier molecular flexibility index (Phi) is 4.38. The SMILES string of the molecule is C[C@]1(NC(=O)OCC2c3ccccc3-c3ccccc32)CCC[C@H]1C(=O)O. The molecule has 4 rings (SSSR count). The van der Waals surface area contributed by atoms with E-state index >= 15 is 0 Å². The lowest BCUT2D eigenvalue weighted by Gasteiger charge is -2.30. The Bertz CT molecular complexity index is 848. The van der Waals surface area contributed by atoms with Crippen LogP contribution >= 0.6 is 0 Å². The fourth-order valence-corrected chi connectivity index (χ4v) is 4.58. The fraction of sp³-hybridized carbons (Fsp3) is 0.364. The molecule has 1 saturated carbocycles. The highest BCUT2D eigenvalue weighted by Crippen LogP contribution is 2.44. The highest BCUT2D eigenvalue weighted by molar-refractivity contribution is 5.79. The van der Waals surface area contributed by atoms with Gasteiger partial charge in [0.1, 0.15) is 6.61 Å². The molecule has 2 atom stereocenters. The summed E-state index contributed by atoms with van der Waals surface area (Å²) in [6, 6.07) is 16.3. The molecule has 0 saturated heterocycles. The van der Waals surface area contributed by atoms with Gasteiger partial charge in [0.2, 0.25) is 0 Å². The number of hydrogen-bond donors (Lipinski definition) is 2. The summed E-state index contributed by atoms with van der Waals surface area (Å²) >= 11 is 0. The van der Waals surface area contributed by atoms with Crippen LogP contribution in [0.2, 0.25) is 0 Å². The first kappa shape index (κ1) is 17.6. The number of benzene rings is 2. The summed E-state index contributed by atoms with van der Waals surface area (Å²) in [7, 11) is 0. The van der Waals surface area contributed by atoms with E-state index in [0.717, 1.165) is 17.5 Å². The van der Waals surface area contributed by atoms with Crippen molar-refractivity contribution in [2.45, 2.75) is 37.6 Å². The third kappa shape index (κ3) is 3.07. The number of carboxylic acid groups (broad SMARTS) is 1. The number of carboxylic acids is 1.